The standard InChI is InChI=1S/C18H26N6O/c1-23-10-8-14(9-11-23)24(2)18-16(19)17(20-12-21-18)22-13-4-6-15(25-3)7-5-13/h4-7,12,14H,8-11,19H2,1-3H3,(H,20,21,22). The van der Waals surface area contributed by atoms with Crippen LogP contribution in [0.15, 0.2) is 30.6 Å². The minimum Gasteiger partial charge on any atom is -0.497 e. The topological polar surface area (TPSA) is 79.5 Å². The molecular weight excluding hydrogens is 316 g/mol. The molecular formula is C18H26N6O. The predicted molar refractivity (Wildman–Crippen MR) is 102 cm³/mol. The van der Waals surface area contributed by atoms with Crippen LogP contribution in [0, 0.1) is 0 Å². The molecule has 2 heterocycles. The van der Waals surface area contributed by atoms with E-state index in [1.807, 2.05) is 24.3 Å². The maximum atomic E-state index is 6.36. The number of nitrogen functional groups attached to an aromatic ring is 1. The Morgan fingerprint density at radius 3 is 2.52 bits per heavy atom. The fourth-order valence-electron chi connectivity index (χ4n) is 3.13. The van der Waals surface area contributed by atoms with E-state index in [0.717, 1.165) is 43.2 Å². The maximum absolute atomic E-state index is 6.36. The number of nitrogens with two attached hydrogens (primary N) is 1. The lowest BCUT2D eigenvalue weighted by molar-refractivity contribution is 0.252. The van der Waals surface area contributed by atoms with Gasteiger partial charge in [-0.15, -0.1) is 0 Å². The number of aromatic nitrogens is 2. The van der Waals surface area contributed by atoms with E-state index in [2.05, 4.69) is 39.2 Å². The number of nitrogens with zero attached hydrogens (tertiary/aromatic N) is 4. The molecule has 2 aromatic rings. The zero-order valence-corrected chi connectivity index (χ0v) is 15.1. The zero-order chi connectivity index (χ0) is 17.8. The van der Waals surface area contributed by atoms with E-state index in [-0.39, 0.29) is 0 Å². The summed E-state index contributed by atoms with van der Waals surface area (Å²) in [6.07, 6.45) is 3.78. The molecule has 0 aliphatic carbocycles. The molecule has 0 spiro atoms. The van der Waals surface area contributed by atoms with E-state index in [4.69, 9.17) is 10.5 Å². The molecule has 134 valence electrons. The number of rotatable bonds is 5. The van der Waals surface area contributed by atoms with Gasteiger partial charge in [-0.3, -0.25) is 0 Å². The molecule has 25 heavy (non-hydrogen) atoms. The lowest BCUT2D eigenvalue weighted by Gasteiger charge is -2.36. The molecule has 0 amide bonds. The molecule has 7 nitrogen and oxygen atoms in total. The number of nitrogens with one attached hydrogen (secondary N) is 1. The van der Waals surface area contributed by atoms with Crippen molar-refractivity contribution in [3.8, 4) is 5.75 Å². The van der Waals surface area contributed by atoms with Gasteiger partial charge in [0, 0.05) is 18.8 Å². The first kappa shape index (κ1) is 17.3. The molecule has 3 rings (SSSR count). The first-order valence-corrected chi connectivity index (χ1v) is 8.51. The molecule has 7 heteroatoms. The molecule has 3 N–H and O–H groups in total. The third-order valence-electron chi connectivity index (χ3n) is 4.79. The number of methoxy groups -OCH3 is 1. The number of hydrogen-bond acceptors (Lipinski definition) is 7. The summed E-state index contributed by atoms with van der Waals surface area (Å²) in [6.45, 7) is 2.19. The number of ether oxygens (including phenoxy) is 1. The van der Waals surface area contributed by atoms with E-state index in [9.17, 15) is 0 Å². The quantitative estimate of drug-likeness (QED) is 0.863. The summed E-state index contributed by atoms with van der Waals surface area (Å²) in [4.78, 5) is 13.3. The highest BCUT2D eigenvalue weighted by Crippen LogP contribution is 2.31. The summed E-state index contributed by atoms with van der Waals surface area (Å²) in [7, 11) is 5.87. The average molecular weight is 342 g/mol. The van der Waals surface area contributed by atoms with Crippen molar-refractivity contribution in [2.75, 3.05) is 50.2 Å². The molecule has 1 aliphatic heterocycles. The molecule has 0 saturated carbocycles. The van der Waals surface area contributed by atoms with E-state index in [1.165, 1.54) is 0 Å². The Morgan fingerprint density at radius 2 is 1.88 bits per heavy atom. The van der Waals surface area contributed by atoms with Crippen LogP contribution in [-0.4, -0.2) is 55.2 Å². The SMILES string of the molecule is COc1ccc(Nc2ncnc(N(C)C3CCN(C)CC3)c2N)cc1. The van der Waals surface area contributed by atoms with Gasteiger partial charge in [0.05, 0.1) is 7.11 Å². The number of benzene rings is 1. The van der Waals surface area contributed by atoms with Crippen LogP contribution < -0.4 is 20.7 Å². The normalized spacial score (nSPS) is 15.8. The molecule has 1 aromatic carbocycles. The largest absolute Gasteiger partial charge is 0.497 e. The summed E-state index contributed by atoms with van der Waals surface area (Å²) in [5, 5.41) is 3.26. The van der Waals surface area contributed by atoms with Crippen molar-refractivity contribution in [3.63, 3.8) is 0 Å². The van der Waals surface area contributed by atoms with Crippen LogP contribution in [0.3, 0.4) is 0 Å². The Balaban J connectivity index is 1.76. The van der Waals surface area contributed by atoms with Crippen molar-refractivity contribution in [2.24, 2.45) is 0 Å². The zero-order valence-electron chi connectivity index (χ0n) is 15.1. The Morgan fingerprint density at radius 1 is 1.20 bits per heavy atom. The van der Waals surface area contributed by atoms with Gasteiger partial charge >= 0.3 is 0 Å². The summed E-state index contributed by atoms with van der Waals surface area (Å²) < 4.78 is 5.18. The second kappa shape index (κ2) is 7.57. The minimum atomic E-state index is 0.447. The summed E-state index contributed by atoms with van der Waals surface area (Å²) in [5.74, 6) is 2.21. The van der Waals surface area contributed by atoms with E-state index >= 15 is 0 Å². The van der Waals surface area contributed by atoms with Gasteiger partial charge in [0.25, 0.3) is 0 Å². The average Bonchev–Trinajstić information content (AvgIpc) is 2.64. The number of anilines is 4. The second-order valence-electron chi connectivity index (χ2n) is 6.46. The van der Waals surface area contributed by atoms with Crippen LogP contribution in [0.4, 0.5) is 23.0 Å². The highest BCUT2D eigenvalue weighted by Gasteiger charge is 2.23. The van der Waals surface area contributed by atoms with Crippen LogP contribution in [0.1, 0.15) is 12.8 Å². The molecule has 0 unspecified atom stereocenters. The minimum absolute atomic E-state index is 0.447. The van der Waals surface area contributed by atoms with Gasteiger partial charge < -0.3 is 25.6 Å². The highest BCUT2D eigenvalue weighted by atomic mass is 16.5. The van der Waals surface area contributed by atoms with Crippen molar-refractivity contribution in [3.05, 3.63) is 30.6 Å². The van der Waals surface area contributed by atoms with Gasteiger partial charge in [0.15, 0.2) is 11.6 Å². The van der Waals surface area contributed by atoms with Crippen LogP contribution in [-0.2, 0) is 0 Å². The van der Waals surface area contributed by atoms with Gasteiger partial charge in [-0.25, -0.2) is 9.97 Å². The molecule has 1 aromatic heterocycles. The van der Waals surface area contributed by atoms with Crippen LogP contribution in [0.25, 0.3) is 0 Å². The third kappa shape index (κ3) is 3.93. The first-order chi connectivity index (χ1) is 12.1. The Bertz CT molecular complexity index is 697. The molecule has 0 radical (unpaired) electrons. The van der Waals surface area contributed by atoms with Crippen molar-refractivity contribution in [1.29, 1.82) is 0 Å². The molecule has 1 fully saturated rings. The van der Waals surface area contributed by atoms with Crippen molar-refractivity contribution < 1.29 is 4.74 Å². The van der Waals surface area contributed by atoms with Crippen molar-refractivity contribution in [1.82, 2.24) is 14.9 Å². The molecule has 0 bridgehead atoms. The van der Waals surface area contributed by atoms with Crippen molar-refractivity contribution in [2.45, 2.75) is 18.9 Å². The first-order valence-electron chi connectivity index (χ1n) is 8.51. The smallest absolute Gasteiger partial charge is 0.159 e. The highest BCUT2D eigenvalue weighted by molar-refractivity contribution is 5.78. The van der Waals surface area contributed by atoms with Crippen LogP contribution in [0.5, 0.6) is 5.75 Å². The summed E-state index contributed by atoms with van der Waals surface area (Å²) in [5.41, 5.74) is 7.83. The van der Waals surface area contributed by atoms with Gasteiger partial charge in [-0.1, -0.05) is 0 Å². The Kier molecular flexibility index (Phi) is 5.23. The van der Waals surface area contributed by atoms with Gasteiger partial charge in [0.1, 0.15) is 17.8 Å². The number of hydrogen-bond donors (Lipinski definition) is 2. The lowest BCUT2D eigenvalue weighted by atomic mass is 10.0. The summed E-state index contributed by atoms with van der Waals surface area (Å²) >= 11 is 0. The predicted octanol–water partition coefficient (Wildman–Crippen LogP) is 2.34. The van der Waals surface area contributed by atoms with Crippen molar-refractivity contribution >= 4 is 23.0 Å². The fraction of sp³-hybridized carbons (Fsp3) is 0.444. The van der Waals surface area contributed by atoms with E-state index < -0.39 is 0 Å². The lowest BCUT2D eigenvalue weighted by Crippen LogP contribution is -2.42. The van der Waals surface area contributed by atoms with Crippen LogP contribution >= 0.6 is 0 Å². The second-order valence-corrected chi connectivity index (χ2v) is 6.46. The third-order valence-corrected chi connectivity index (χ3v) is 4.79. The monoisotopic (exact) mass is 342 g/mol. The maximum Gasteiger partial charge on any atom is 0.159 e. The fourth-order valence-corrected chi connectivity index (χ4v) is 3.13. The Labute approximate surface area is 148 Å². The molecule has 1 aliphatic rings. The van der Waals surface area contributed by atoms with Gasteiger partial charge in [-0.2, -0.15) is 0 Å². The van der Waals surface area contributed by atoms with Gasteiger partial charge in [-0.05, 0) is 57.2 Å². The van der Waals surface area contributed by atoms with Gasteiger partial charge in [0.2, 0.25) is 0 Å². The molecule has 0 atom stereocenters. The summed E-state index contributed by atoms with van der Waals surface area (Å²) in [6, 6.07) is 8.10. The van der Waals surface area contributed by atoms with E-state index in [0.29, 0.717) is 17.5 Å². The number of piperidine rings is 1. The Hall–Kier alpha value is -2.54. The number of likely N-dealkylation sites (tertiary alicyclic amines) is 1. The molecule has 1 saturated heterocycles. The van der Waals surface area contributed by atoms with Crippen LogP contribution in [0.2, 0.25) is 0 Å². The van der Waals surface area contributed by atoms with E-state index in [1.54, 1.807) is 13.4 Å².